The number of nitrogens with zero attached hydrogens (tertiary/aromatic N) is 1. The summed E-state index contributed by atoms with van der Waals surface area (Å²) in [6, 6.07) is 12.5. The molecule has 0 radical (unpaired) electrons. The van der Waals surface area contributed by atoms with Crippen LogP contribution in [0.25, 0.3) is 6.08 Å². The second-order valence-electron chi connectivity index (χ2n) is 3.46. The van der Waals surface area contributed by atoms with Crippen molar-refractivity contribution in [2.75, 3.05) is 0 Å². The number of hydrogen-bond donors (Lipinski definition) is 1. The molecular weight excluding hydrogens is 228 g/mol. The molecule has 2 rings (SSSR count). The van der Waals surface area contributed by atoms with Gasteiger partial charge >= 0.3 is 0 Å². The lowest BCUT2D eigenvalue weighted by atomic mass is 10.2. The molecule has 1 aromatic carbocycles. The van der Waals surface area contributed by atoms with E-state index in [4.69, 9.17) is 4.42 Å². The van der Waals surface area contributed by atoms with E-state index in [1.165, 1.54) is 6.21 Å². The van der Waals surface area contributed by atoms with Crippen LogP contribution in [0.4, 0.5) is 0 Å². The van der Waals surface area contributed by atoms with E-state index in [-0.39, 0.29) is 5.91 Å². The number of nitrogens with one attached hydrogen (secondary N) is 1. The highest BCUT2D eigenvalue weighted by molar-refractivity contribution is 5.94. The normalized spacial score (nSPS) is 11.1. The van der Waals surface area contributed by atoms with E-state index >= 15 is 0 Å². The third-order valence-electron chi connectivity index (χ3n) is 2.17. The molecule has 0 saturated heterocycles. The summed E-state index contributed by atoms with van der Waals surface area (Å²) >= 11 is 0. The highest BCUT2D eigenvalue weighted by atomic mass is 16.3. The second-order valence-corrected chi connectivity index (χ2v) is 3.46. The van der Waals surface area contributed by atoms with Crippen LogP contribution in [0.1, 0.15) is 16.1 Å². The molecule has 1 aromatic heterocycles. The number of rotatable bonds is 4. The van der Waals surface area contributed by atoms with E-state index < -0.39 is 0 Å². The number of carbonyl (C=O) groups is 1. The molecule has 0 aliphatic carbocycles. The predicted molar refractivity (Wildman–Crippen MR) is 70.1 cm³/mol. The average Bonchev–Trinajstić information content (AvgIpc) is 2.92. The molecule has 2 aromatic rings. The first-order valence-electron chi connectivity index (χ1n) is 5.45. The Kier molecular flexibility index (Phi) is 4.08. The maximum absolute atomic E-state index is 11.6. The van der Waals surface area contributed by atoms with E-state index in [9.17, 15) is 4.79 Å². The smallest absolute Gasteiger partial charge is 0.271 e. The average molecular weight is 240 g/mol. The lowest BCUT2D eigenvalue weighted by Crippen LogP contribution is -2.16. The Morgan fingerprint density at radius 1 is 1.17 bits per heavy atom. The first-order valence-corrected chi connectivity index (χ1v) is 5.45. The quantitative estimate of drug-likeness (QED) is 0.659. The van der Waals surface area contributed by atoms with Crippen molar-refractivity contribution in [2.45, 2.75) is 0 Å². The van der Waals surface area contributed by atoms with Crippen molar-refractivity contribution >= 4 is 18.2 Å². The minimum atomic E-state index is -0.238. The van der Waals surface area contributed by atoms with Gasteiger partial charge in [-0.15, -0.1) is 0 Å². The molecule has 0 aliphatic rings. The van der Waals surface area contributed by atoms with Gasteiger partial charge in [-0.1, -0.05) is 18.2 Å². The third-order valence-corrected chi connectivity index (χ3v) is 2.17. The number of benzene rings is 1. The Labute approximate surface area is 105 Å². The summed E-state index contributed by atoms with van der Waals surface area (Å²) in [5.41, 5.74) is 3.00. The van der Waals surface area contributed by atoms with Gasteiger partial charge in [0.2, 0.25) is 0 Å². The van der Waals surface area contributed by atoms with Gasteiger partial charge in [0.05, 0.1) is 6.26 Å². The zero-order chi connectivity index (χ0) is 12.6. The van der Waals surface area contributed by atoms with Gasteiger partial charge < -0.3 is 4.42 Å². The van der Waals surface area contributed by atoms with Crippen LogP contribution in [0.5, 0.6) is 0 Å². The molecule has 0 fully saturated rings. The van der Waals surface area contributed by atoms with E-state index in [1.807, 2.05) is 12.1 Å². The Morgan fingerprint density at radius 3 is 2.72 bits per heavy atom. The summed E-state index contributed by atoms with van der Waals surface area (Å²) in [6.45, 7) is 0. The minimum absolute atomic E-state index is 0.238. The maximum Gasteiger partial charge on any atom is 0.271 e. The van der Waals surface area contributed by atoms with Gasteiger partial charge in [0.25, 0.3) is 5.91 Å². The maximum atomic E-state index is 11.6. The van der Waals surface area contributed by atoms with Crippen molar-refractivity contribution < 1.29 is 9.21 Å². The van der Waals surface area contributed by atoms with Crippen molar-refractivity contribution in [3.63, 3.8) is 0 Å². The number of hydrogen-bond acceptors (Lipinski definition) is 3. The summed E-state index contributed by atoms with van der Waals surface area (Å²) in [7, 11) is 0. The molecular formula is C14H12N2O2. The Morgan fingerprint density at radius 2 is 2.00 bits per heavy atom. The van der Waals surface area contributed by atoms with Crippen molar-refractivity contribution in [1.29, 1.82) is 0 Å². The fourth-order valence-electron chi connectivity index (χ4n) is 1.32. The topological polar surface area (TPSA) is 54.6 Å². The minimum Gasteiger partial charge on any atom is -0.465 e. The number of carbonyl (C=O) groups excluding carboxylic acids is 1. The molecule has 90 valence electrons. The summed E-state index contributed by atoms with van der Waals surface area (Å²) < 4.78 is 5.09. The van der Waals surface area contributed by atoms with Crippen LogP contribution in [0.3, 0.4) is 0 Å². The predicted octanol–water partition coefficient (Wildman–Crippen LogP) is 2.71. The molecule has 4 heteroatoms. The number of furan rings is 1. The van der Waals surface area contributed by atoms with Gasteiger partial charge in [-0.25, -0.2) is 5.43 Å². The molecule has 1 N–H and O–H groups in total. The van der Waals surface area contributed by atoms with Crippen molar-refractivity contribution in [3.05, 3.63) is 66.1 Å². The zero-order valence-corrected chi connectivity index (χ0v) is 9.61. The van der Waals surface area contributed by atoms with Gasteiger partial charge in [0, 0.05) is 11.8 Å². The monoisotopic (exact) mass is 240 g/mol. The number of hydrazone groups is 1. The molecule has 0 bridgehead atoms. The highest BCUT2D eigenvalue weighted by Crippen LogP contribution is 2.01. The summed E-state index contributed by atoms with van der Waals surface area (Å²) in [6.07, 6.45) is 6.51. The van der Waals surface area contributed by atoms with Gasteiger partial charge in [-0.05, 0) is 36.4 Å². The lowest BCUT2D eigenvalue weighted by molar-refractivity contribution is 0.0955. The van der Waals surface area contributed by atoms with Crippen LogP contribution in [0, 0.1) is 0 Å². The summed E-state index contributed by atoms with van der Waals surface area (Å²) in [5.74, 6) is 0.495. The highest BCUT2D eigenvalue weighted by Gasteiger charge is 2.00. The largest absolute Gasteiger partial charge is 0.465 e. The van der Waals surface area contributed by atoms with Crippen LogP contribution in [0.2, 0.25) is 0 Å². The zero-order valence-electron chi connectivity index (χ0n) is 9.61. The Balaban J connectivity index is 1.83. The molecule has 4 nitrogen and oxygen atoms in total. The molecule has 0 spiro atoms. The Bertz CT molecular complexity index is 542. The number of amides is 1. The van der Waals surface area contributed by atoms with Gasteiger partial charge in [0.15, 0.2) is 0 Å². The van der Waals surface area contributed by atoms with Crippen molar-refractivity contribution in [3.8, 4) is 0 Å². The molecule has 18 heavy (non-hydrogen) atoms. The van der Waals surface area contributed by atoms with E-state index in [0.717, 1.165) is 5.76 Å². The SMILES string of the molecule is O=C(NN=C/C=C\c1ccco1)c1ccccc1. The molecule has 0 unspecified atom stereocenters. The fraction of sp³-hybridized carbons (Fsp3) is 0. The molecule has 1 amide bonds. The standard InChI is InChI=1S/C14H12N2O2/c17-14(12-6-2-1-3-7-12)16-15-10-4-8-13-9-5-11-18-13/h1-11H,(H,16,17)/b8-4-,15-10?. The lowest BCUT2D eigenvalue weighted by Gasteiger charge is -1.97. The van der Waals surface area contributed by atoms with Gasteiger partial charge in [0.1, 0.15) is 5.76 Å². The second kappa shape index (κ2) is 6.20. The summed E-state index contributed by atoms with van der Waals surface area (Å²) in [4.78, 5) is 11.6. The molecule has 1 heterocycles. The van der Waals surface area contributed by atoms with Crippen LogP contribution in [-0.2, 0) is 0 Å². The van der Waals surface area contributed by atoms with Gasteiger partial charge in [-0.3, -0.25) is 4.79 Å². The van der Waals surface area contributed by atoms with Gasteiger partial charge in [-0.2, -0.15) is 5.10 Å². The third kappa shape index (κ3) is 3.45. The first-order chi connectivity index (χ1) is 8.86. The number of allylic oxidation sites excluding steroid dienone is 1. The van der Waals surface area contributed by atoms with Crippen LogP contribution in [-0.4, -0.2) is 12.1 Å². The van der Waals surface area contributed by atoms with E-state index in [2.05, 4.69) is 10.5 Å². The van der Waals surface area contributed by atoms with Crippen molar-refractivity contribution in [2.24, 2.45) is 5.10 Å². The first kappa shape index (κ1) is 11.9. The van der Waals surface area contributed by atoms with Crippen LogP contribution >= 0.6 is 0 Å². The van der Waals surface area contributed by atoms with E-state index in [1.54, 1.807) is 48.7 Å². The van der Waals surface area contributed by atoms with E-state index in [0.29, 0.717) is 5.56 Å². The Hall–Kier alpha value is -2.62. The van der Waals surface area contributed by atoms with Crippen LogP contribution < -0.4 is 5.43 Å². The molecule has 0 atom stereocenters. The van der Waals surface area contributed by atoms with Crippen molar-refractivity contribution in [1.82, 2.24) is 5.43 Å². The molecule has 0 aliphatic heterocycles. The van der Waals surface area contributed by atoms with Crippen LogP contribution in [0.15, 0.2) is 64.3 Å². The molecule has 0 saturated carbocycles. The summed E-state index contributed by atoms with van der Waals surface area (Å²) in [5, 5.41) is 3.79. The fourth-order valence-corrected chi connectivity index (χ4v) is 1.32.